The number of aromatic nitrogens is 2. The molecule has 3 heteroatoms. The van der Waals surface area contributed by atoms with Gasteiger partial charge in [-0.15, -0.1) is 0 Å². The maximum absolute atomic E-state index is 4.22. The quantitative estimate of drug-likeness (QED) is 0.808. The van der Waals surface area contributed by atoms with E-state index in [1.807, 2.05) is 17.9 Å². The monoisotopic (exact) mass is 209 g/mol. The molecule has 0 bridgehead atoms. The zero-order chi connectivity index (χ0) is 11.5. The number of nitrogens with zero attached hydrogens (tertiary/aromatic N) is 2. The van der Waals surface area contributed by atoms with Gasteiger partial charge in [0, 0.05) is 30.4 Å². The van der Waals surface area contributed by atoms with Crippen LogP contribution in [0.15, 0.2) is 12.4 Å². The number of rotatable bonds is 5. The van der Waals surface area contributed by atoms with Crippen LogP contribution < -0.4 is 5.32 Å². The van der Waals surface area contributed by atoms with Gasteiger partial charge in [0.05, 0.1) is 6.20 Å². The van der Waals surface area contributed by atoms with Crippen LogP contribution in [0, 0.1) is 0 Å². The van der Waals surface area contributed by atoms with Crippen molar-refractivity contribution in [1.29, 1.82) is 0 Å². The van der Waals surface area contributed by atoms with Gasteiger partial charge in [0.15, 0.2) is 0 Å². The Hall–Kier alpha value is -0.830. The first kappa shape index (κ1) is 12.2. The minimum absolute atomic E-state index is 0.191. The Morgan fingerprint density at radius 1 is 1.47 bits per heavy atom. The first-order valence-electron chi connectivity index (χ1n) is 5.74. The zero-order valence-electron chi connectivity index (χ0n) is 10.5. The molecule has 3 nitrogen and oxygen atoms in total. The molecule has 1 heterocycles. The van der Waals surface area contributed by atoms with Crippen molar-refractivity contribution < 1.29 is 0 Å². The lowest BCUT2D eigenvalue weighted by atomic mass is 9.98. The van der Waals surface area contributed by atoms with Gasteiger partial charge in [-0.3, -0.25) is 4.68 Å². The molecule has 1 aromatic heterocycles. The Balaban J connectivity index is 2.72. The Kier molecular flexibility index (Phi) is 3.91. The molecule has 1 unspecified atom stereocenters. The molecule has 0 radical (unpaired) electrons. The Morgan fingerprint density at radius 3 is 2.53 bits per heavy atom. The molecule has 0 saturated carbocycles. The van der Waals surface area contributed by atoms with Crippen LogP contribution >= 0.6 is 0 Å². The third-order valence-corrected chi connectivity index (χ3v) is 2.98. The number of nitrogens with one attached hydrogen (secondary N) is 1. The molecule has 1 N–H and O–H groups in total. The molecule has 0 aliphatic rings. The van der Waals surface area contributed by atoms with Crippen LogP contribution in [0.2, 0.25) is 0 Å². The van der Waals surface area contributed by atoms with Gasteiger partial charge < -0.3 is 5.32 Å². The number of aryl methyl sites for hydroxylation is 1. The van der Waals surface area contributed by atoms with E-state index in [9.17, 15) is 0 Å². The van der Waals surface area contributed by atoms with Crippen LogP contribution in [0.4, 0.5) is 0 Å². The van der Waals surface area contributed by atoms with E-state index in [1.165, 1.54) is 5.56 Å². The topological polar surface area (TPSA) is 29.9 Å². The van der Waals surface area contributed by atoms with Crippen molar-refractivity contribution in [3.8, 4) is 0 Å². The van der Waals surface area contributed by atoms with E-state index in [0.717, 1.165) is 12.8 Å². The van der Waals surface area contributed by atoms with Crippen molar-refractivity contribution in [2.45, 2.75) is 52.1 Å². The van der Waals surface area contributed by atoms with Crippen LogP contribution in [0.25, 0.3) is 0 Å². The average molecular weight is 209 g/mol. The second-order valence-electron chi connectivity index (χ2n) is 4.79. The third kappa shape index (κ3) is 3.34. The van der Waals surface area contributed by atoms with Crippen molar-refractivity contribution in [1.82, 2.24) is 15.1 Å². The molecular weight excluding hydrogens is 186 g/mol. The van der Waals surface area contributed by atoms with Gasteiger partial charge >= 0.3 is 0 Å². The van der Waals surface area contributed by atoms with E-state index in [1.54, 1.807) is 0 Å². The van der Waals surface area contributed by atoms with Crippen LogP contribution in [0.1, 0.15) is 52.1 Å². The average Bonchev–Trinajstić information content (AvgIpc) is 2.61. The lowest BCUT2D eigenvalue weighted by molar-refractivity contribution is 0.321. The summed E-state index contributed by atoms with van der Waals surface area (Å²) >= 11 is 0. The summed E-state index contributed by atoms with van der Waals surface area (Å²) in [6.45, 7) is 8.90. The fraction of sp³-hybridized carbons (Fsp3) is 0.750. The second-order valence-corrected chi connectivity index (χ2v) is 4.79. The molecule has 0 aliphatic heterocycles. The predicted molar refractivity (Wildman–Crippen MR) is 63.7 cm³/mol. The van der Waals surface area contributed by atoms with E-state index in [2.05, 4.69) is 44.3 Å². The summed E-state index contributed by atoms with van der Waals surface area (Å²) in [5, 5.41) is 7.89. The highest BCUT2D eigenvalue weighted by molar-refractivity contribution is 5.10. The van der Waals surface area contributed by atoms with Gasteiger partial charge in [-0.1, -0.05) is 13.8 Å². The van der Waals surface area contributed by atoms with Gasteiger partial charge in [0.2, 0.25) is 0 Å². The molecule has 0 spiro atoms. The van der Waals surface area contributed by atoms with Crippen molar-refractivity contribution in [2.24, 2.45) is 7.05 Å². The highest BCUT2D eigenvalue weighted by Gasteiger charge is 2.20. The molecule has 1 atom stereocenters. The molecule has 15 heavy (non-hydrogen) atoms. The Labute approximate surface area is 92.9 Å². The molecule has 0 saturated heterocycles. The SMILES string of the molecule is CCC(NC(C)(C)CC)c1cnn(C)c1. The van der Waals surface area contributed by atoms with Gasteiger partial charge in [-0.2, -0.15) is 5.10 Å². The zero-order valence-corrected chi connectivity index (χ0v) is 10.5. The Morgan fingerprint density at radius 2 is 2.13 bits per heavy atom. The second kappa shape index (κ2) is 4.79. The first-order chi connectivity index (χ1) is 6.98. The third-order valence-electron chi connectivity index (χ3n) is 2.98. The summed E-state index contributed by atoms with van der Waals surface area (Å²) < 4.78 is 1.86. The van der Waals surface area contributed by atoms with Gasteiger partial charge in [-0.05, 0) is 26.7 Å². The summed E-state index contributed by atoms with van der Waals surface area (Å²) in [6.07, 6.45) is 6.26. The van der Waals surface area contributed by atoms with Crippen LogP contribution in [0.3, 0.4) is 0 Å². The number of hydrogen-bond acceptors (Lipinski definition) is 2. The Bertz CT molecular complexity index is 302. The molecule has 0 aliphatic carbocycles. The van der Waals surface area contributed by atoms with Gasteiger partial charge in [0.25, 0.3) is 0 Å². The van der Waals surface area contributed by atoms with Crippen molar-refractivity contribution >= 4 is 0 Å². The van der Waals surface area contributed by atoms with Crippen molar-refractivity contribution in [3.05, 3.63) is 18.0 Å². The van der Waals surface area contributed by atoms with Crippen molar-refractivity contribution in [2.75, 3.05) is 0 Å². The van der Waals surface area contributed by atoms with Gasteiger partial charge in [-0.25, -0.2) is 0 Å². The normalized spacial score (nSPS) is 14.2. The lowest BCUT2D eigenvalue weighted by Gasteiger charge is -2.30. The maximum atomic E-state index is 4.22. The summed E-state index contributed by atoms with van der Waals surface area (Å²) in [5.74, 6) is 0. The highest BCUT2D eigenvalue weighted by Crippen LogP contribution is 2.20. The van der Waals surface area contributed by atoms with E-state index < -0.39 is 0 Å². The van der Waals surface area contributed by atoms with Gasteiger partial charge in [0.1, 0.15) is 0 Å². The number of hydrogen-bond donors (Lipinski definition) is 1. The van der Waals surface area contributed by atoms with Crippen LogP contribution in [0.5, 0.6) is 0 Å². The summed E-state index contributed by atoms with van der Waals surface area (Å²) in [7, 11) is 1.96. The van der Waals surface area contributed by atoms with Crippen molar-refractivity contribution in [3.63, 3.8) is 0 Å². The molecule has 0 aromatic carbocycles. The van der Waals surface area contributed by atoms with E-state index >= 15 is 0 Å². The largest absolute Gasteiger partial charge is 0.305 e. The fourth-order valence-electron chi connectivity index (χ4n) is 1.61. The minimum Gasteiger partial charge on any atom is -0.305 e. The smallest absolute Gasteiger partial charge is 0.0537 e. The summed E-state index contributed by atoms with van der Waals surface area (Å²) in [6, 6.07) is 0.411. The van der Waals surface area contributed by atoms with E-state index in [-0.39, 0.29) is 5.54 Å². The first-order valence-corrected chi connectivity index (χ1v) is 5.74. The van der Waals surface area contributed by atoms with E-state index in [4.69, 9.17) is 0 Å². The molecule has 1 rings (SSSR count). The molecule has 0 fully saturated rings. The van der Waals surface area contributed by atoms with Crippen LogP contribution in [-0.4, -0.2) is 15.3 Å². The molecule has 0 amide bonds. The molecule has 1 aromatic rings. The summed E-state index contributed by atoms with van der Waals surface area (Å²) in [5.41, 5.74) is 1.47. The highest BCUT2D eigenvalue weighted by atomic mass is 15.2. The molecule has 86 valence electrons. The predicted octanol–water partition coefficient (Wildman–Crippen LogP) is 2.65. The maximum Gasteiger partial charge on any atom is 0.0537 e. The standard InChI is InChI=1S/C12H23N3/c1-6-11(14-12(3,4)7-2)10-8-13-15(5)9-10/h8-9,11,14H,6-7H2,1-5H3. The van der Waals surface area contributed by atoms with Crippen LogP contribution in [-0.2, 0) is 7.05 Å². The minimum atomic E-state index is 0.191. The lowest BCUT2D eigenvalue weighted by Crippen LogP contribution is -2.40. The van der Waals surface area contributed by atoms with E-state index in [0.29, 0.717) is 6.04 Å². The fourth-order valence-corrected chi connectivity index (χ4v) is 1.61. The molecular formula is C12H23N3. The summed E-state index contributed by atoms with van der Waals surface area (Å²) in [4.78, 5) is 0.